The van der Waals surface area contributed by atoms with Crippen LogP contribution in [0.25, 0.3) is 0 Å². The predicted molar refractivity (Wildman–Crippen MR) is 80.9 cm³/mol. The van der Waals surface area contributed by atoms with Crippen LogP contribution >= 0.6 is 0 Å². The average Bonchev–Trinajstić information content (AvgIpc) is 3.12. The first-order valence-corrected chi connectivity index (χ1v) is 8.23. The summed E-state index contributed by atoms with van der Waals surface area (Å²) in [7, 11) is 1.82. The van der Waals surface area contributed by atoms with Gasteiger partial charge in [-0.2, -0.15) is 0 Å². The average molecular weight is 296 g/mol. The van der Waals surface area contributed by atoms with E-state index in [1.165, 1.54) is 12.8 Å². The molecule has 0 spiro atoms. The van der Waals surface area contributed by atoms with E-state index in [1.807, 2.05) is 7.05 Å². The minimum Gasteiger partial charge on any atom is -0.481 e. The van der Waals surface area contributed by atoms with Crippen molar-refractivity contribution in [2.75, 3.05) is 33.2 Å². The van der Waals surface area contributed by atoms with Gasteiger partial charge < -0.3 is 14.9 Å². The molecular formula is C16H28N2O3. The number of hydrogen-bond acceptors (Lipinski definition) is 3. The Hall–Kier alpha value is -1.10. The summed E-state index contributed by atoms with van der Waals surface area (Å²) in [6.07, 6.45) is 4.85. The largest absolute Gasteiger partial charge is 0.481 e. The summed E-state index contributed by atoms with van der Waals surface area (Å²) in [4.78, 5) is 28.1. The van der Waals surface area contributed by atoms with Crippen LogP contribution in [-0.4, -0.2) is 60.0 Å². The fourth-order valence-corrected chi connectivity index (χ4v) is 3.71. The van der Waals surface area contributed by atoms with E-state index in [0.29, 0.717) is 18.9 Å². The van der Waals surface area contributed by atoms with Crippen molar-refractivity contribution in [1.82, 2.24) is 9.80 Å². The maximum atomic E-state index is 12.6. The normalized spacial score (nSPS) is 29.7. The van der Waals surface area contributed by atoms with Crippen LogP contribution in [0.1, 0.15) is 39.0 Å². The molecule has 0 bridgehead atoms. The van der Waals surface area contributed by atoms with E-state index in [-0.39, 0.29) is 11.8 Å². The summed E-state index contributed by atoms with van der Waals surface area (Å²) in [6, 6.07) is 0. The molecule has 1 aliphatic carbocycles. The smallest absolute Gasteiger partial charge is 0.307 e. The second-order valence-electron chi connectivity index (χ2n) is 6.61. The number of likely N-dealkylation sites (N-methyl/N-ethyl adjacent to an activating group) is 1. The Morgan fingerprint density at radius 2 is 1.81 bits per heavy atom. The molecule has 0 aromatic carbocycles. The van der Waals surface area contributed by atoms with Gasteiger partial charge in [0.05, 0.1) is 11.8 Å². The molecule has 120 valence electrons. The fraction of sp³-hybridized carbons (Fsp3) is 0.875. The lowest BCUT2D eigenvalue weighted by Gasteiger charge is -2.25. The molecule has 2 fully saturated rings. The molecule has 0 radical (unpaired) electrons. The minimum absolute atomic E-state index is 0.0255. The fourth-order valence-electron chi connectivity index (χ4n) is 3.71. The Morgan fingerprint density at radius 3 is 2.38 bits per heavy atom. The molecule has 5 heteroatoms. The third-order valence-corrected chi connectivity index (χ3v) is 5.20. The van der Waals surface area contributed by atoms with E-state index in [4.69, 9.17) is 0 Å². The van der Waals surface area contributed by atoms with Gasteiger partial charge in [0.25, 0.3) is 0 Å². The molecule has 21 heavy (non-hydrogen) atoms. The second kappa shape index (κ2) is 7.25. The Morgan fingerprint density at radius 1 is 1.19 bits per heavy atom. The molecule has 3 atom stereocenters. The number of carboxylic acid groups (broad SMARTS) is 1. The lowest BCUT2D eigenvalue weighted by Crippen LogP contribution is -2.40. The van der Waals surface area contributed by atoms with Crippen LogP contribution in [-0.2, 0) is 9.59 Å². The zero-order valence-corrected chi connectivity index (χ0v) is 13.3. The summed E-state index contributed by atoms with van der Waals surface area (Å²) in [6.45, 7) is 5.94. The third-order valence-electron chi connectivity index (χ3n) is 5.20. The highest BCUT2D eigenvalue weighted by atomic mass is 16.4. The van der Waals surface area contributed by atoms with Crippen LogP contribution < -0.4 is 0 Å². The lowest BCUT2D eigenvalue weighted by molar-refractivity contribution is -0.148. The predicted octanol–water partition coefficient (Wildman–Crippen LogP) is 1.68. The maximum absolute atomic E-state index is 12.6. The molecule has 2 rings (SSSR count). The molecule has 1 heterocycles. The number of carbonyl (C=O) groups excluding carboxylic acids is 1. The van der Waals surface area contributed by atoms with Crippen LogP contribution in [0, 0.1) is 17.8 Å². The Kier molecular flexibility index (Phi) is 5.62. The van der Waals surface area contributed by atoms with Gasteiger partial charge >= 0.3 is 5.97 Å². The van der Waals surface area contributed by atoms with Gasteiger partial charge in [-0.3, -0.25) is 9.59 Å². The van der Waals surface area contributed by atoms with E-state index in [9.17, 15) is 14.7 Å². The lowest BCUT2D eigenvalue weighted by atomic mass is 9.95. The SMILES string of the molecule is CCC1CC(C(=O)O)C(C(=O)N(C)CCN2CCCC2)C1. The number of rotatable bonds is 6. The molecule has 5 nitrogen and oxygen atoms in total. The summed E-state index contributed by atoms with van der Waals surface area (Å²) in [5, 5.41) is 9.35. The third kappa shape index (κ3) is 3.96. The summed E-state index contributed by atoms with van der Waals surface area (Å²) >= 11 is 0. The second-order valence-corrected chi connectivity index (χ2v) is 6.61. The molecule has 1 N–H and O–H groups in total. The van der Waals surface area contributed by atoms with Gasteiger partial charge in [-0.15, -0.1) is 0 Å². The van der Waals surface area contributed by atoms with Crippen molar-refractivity contribution in [3.05, 3.63) is 0 Å². The van der Waals surface area contributed by atoms with Gasteiger partial charge in [-0.1, -0.05) is 13.3 Å². The van der Waals surface area contributed by atoms with Gasteiger partial charge in [0.2, 0.25) is 5.91 Å². The van der Waals surface area contributed by atoms with E-state index >= 15 is 0 Å². The first kappa shape index (κ1) is 16.3. The number of nitrogens with zero attached hydrogens (tertiary/aromatic N) is 2. The van der Waals surface area contributed by atoms with Gasteiger partial charge in [0, 0.05) is 20.1 Å². The highest BCUT2D eigenvalue weighted by Gasteiger charge is 2.43. The topological polar surface area (TPSA) is 60.9 Å². The van der Waals surface area contributed by atoms with Crippen molar-refractivity contribution < 1.29 is 14.7 Å². The highest BCUT2D eigenvalue weighted by molar-refractivity contribution is 5.85. The van der Waals surface area contributed by atoms with E-state index < -0.39 is 11.9 Å². The zero-order valence-electron chi connectivity index (χ0n) is 13.3. The number of likely N-dealkylation sites (tertiary alicyclic amines) is 1. The number of hydrogen-bond donors (Lipinski definition) is 1. The van der Waals surface area contributed by atoms with Gasteiger partial charge in [-0.25, -0.2) is 0 Å². The molecule has 1 amide bonds. The molecule has 1 aliphatic heterocycles. The van der Waals surface area contributed by atoms with E-state index in [2.05, 4.69) is 11.8 Å². The summed E-state index contributed by atoms with van der Waals surface area (Å²) in [5.74, 6) is -1.21. The first-order chi connectivity index (χ1) is 10.0. The molecular weight excluding hydrogens is 268 g/mol. The Balaban J connectivity index is 1.88. The summed E-state index contributed by atoms with van der Waals surface area (Å²) < 4.78 is 0. The van der Waals surface area contributed by atoms with Crippen LogP contribution in [0.3, 0.4) is 0 Å². The van der Waals surface area contributed by atoms with E-state index in [1.54, 1.807) is 4.90 Å². The van der Waals surface area contributed by atoms with Crippen molar-refractivity contribution in [3.8, 4) is 0 Å². The van der Waals surface area contributed by atoms with Gasteiger partial charge in [-0.05, 0) is 44.7 Å². The van der Waals surface area contributed by atoms with Crippen LogP contribution in [0.15, 0.2) is 0 Å². The van der Waals surface area contributed by atoms with Crippen LogP contribution in [0.4, 0.5) is 0 Å². The van der Waals surface area contributed by atoms with Crippen molar-refractivity contribution in [2.45, 2.75) is 39.0 Å². The summed E-state index contributed by atoms with van der Waals surface area (Å²) in [5.41, 5.74) is 0. The van der Waals surface area contributed by atoms with E-state index in [0.717, 1.165) is 32.5 Å². The number of carboxylic acids is 1. The van der Waals surface area contributed by atoms with Crippen molar-refractivity contribution in [2.24, 2.45) is 17.8 Å². The monoisotopic (exact) mass is 296 g/mol. The van der Waals surface area contributed by atoms with Crippen molar-refractivity contribution in [3.63, 3.8) is 0 Å². The van der Waals surface area contributed by atoms with Gasteiger partial charge in [0.15, 0.2) is 0 Å². The zero-order chi connectivity index (χ0) is 15.4. The maximum Gasteiger partial charge on any atom is 0.307 e. The highest BCUT2D eigenvalue weighted by Crippen LogP contribution is 2.39. The number of aliphatic carboxylic acids is 1. The quantitative estimate of drug-likeness (QED) is 0.810. The molecule has 0 aromatic rings. The van der Waals surface area contributed by atoms with Crippen LogP contribution in [0.5, 0.6) is 0 Å². The standard InChI is InChI=1S/C16H28N2O3/c1-3-12-10-13(14(11-12)16(20)21)15(19)17(2)8-9-18-6-4-5-7-18/h12-14H,3-11H2,1-2H3,(H,20,21). The van der Waals surface area contributed by atoms with Gasteiger partial charge in [0.1, 0.15) is 0 Å². The number of amides is 1. The minimum atomic E-state index is -0.808. The number of carbonyl (C=O) groups is 2. The Bertz CT molecular complexity index is 380. The van der Waals surface area contributed by atoms with Crippen molar-refractivity contribution in [1.29, 1.82) is 0 Å². The van der Waals surface area contributed by atoms with Crippen molar-refractivity contribution >= 4 is 11.9 Å². The molecule has 3 unspecified atom stereocenters. The molecule has 1 saturated heterocycles. The molecule has 0 aromatic heterocycles. The molecule has 2 aliphatic rings. The first-order valence-electron chi connectivity index (χ1n) is 8.23. The van der Waals surface area contributed by atoms with Crippen LogP contribution in [0.2, 0.25) is 0 Å². The molecule has 1 saturated carbocycles. The Labute approximate surface area is 127 Å².